The van der Waals surface area contributed by atoms with Gasteiger partial charge in [-0.1, -0.05) is 13.0 Å². The first-order chi connectivity index (χ1) is 9.85. The first-order valence-electron chi connectivity index (χ1n) is 6.88. The van der Waals surface area contributed by atoms with Crippen LogP contribution in [0.4, 0.5) is 0 Å². The predicted octanol–water partition coefficient (Wildman–Crippen LogP) is 3.53. The number of aromatic amines is 1. The van der Waals surface area contributed by atoms with Crippen LogP contribution < -0.4 is 5.32 Å². The lowest BCUT2D eigenvalue weighted by molar-refractivity contribution is -0.125. The summed E-state index contributed by atoms with van der Waals surface area (Å²) in [5.74, 6) is 0.643. The number of carbonyl (C=O) groups excluding carboxylic acids is 1. The van der Waals surface area contributed by atoms with E-state index in [9.17, 15) is 4.79 Å². The average Bonchev–Trinajstić information content (AvgIpc) is 3.06. The van der Waals surface area contributed by atoms with Crippen LogP contribution in [0, 0.1) is 4.77 Å². The van der Waals surface area contributed by atoms with Crippen LogP contribution in [0.2, 0.25) is 0 Å². The molecule has 2 heterocycles. The summed E-state index contributed by atoms with van der Waals surface area (Å²) in [6, 6.07) is 3.50. The fourth-order valence-electron chi connectivity index (χ4n) is 1.89. The molecule has 114 valence electrons. The zero-order chi connectivity index (χ0) is 15.6. The van der Waals surface area contributed by atoms with E-state index >= 15 is 0 Å². The molecule has 21 heavy (non-hydrogen) atoms. The molecule has 0 aliphatic rings. The van der Waals surface area contributed by atoms with Crippen molar-refractivity contribution in [3.63, 3.8) is 0 Å². The summed E-state index contributed by atoms with van der Waals surface area (Å²) in [7, 11) is 0. The molecule has 7 heteroatoms. The van der Waals surface area contributed by atoms with Crippen LogP contribution in [0.25, 0.3) is 10.7 Å². The first kappa shape index (κ1) is 15.9. The summed E-state index contributed by atoms with van der Waals surface area (Å²) in [4.78, 5) is 13.5. The van der Waals surface area contributed by atoms with Gasteiger partial charge < -0.3 is 5.32 Å². The molecule has 1 atom stereocenters. The van der Waals surface area contributed by atoms with E-state index in [1.807, 2.05) is 45.2 Å². The van der Waals surface area contributed by atoms with Crippen LogP contribution in [-0.2, 0) is 4.79 Å². The van der Waals surface area contributed by atoms with Crippen LogP contribution in [0.5, 0.6) is 0 Å². The molecule has 2 rings (SSSR count). The third kappa shape index (κ3) is 3.41. The van der Waals surface area contributed by atoms with Gasteiger partial charge in [-0.2, -0.15) is 5.10 Å². The van der Waals surface area contributed by atoms with Crippen LogP contribution in [0.15, 0.2) is 17.5 Å². The Balaban J connectivity index is 2.32. The topological polar surface area (TPSA) is 62.7 Å². The third-order valence-corrected chi connectivity index (χ3v) is 4.71. The van der Waals surface area contributed by atoms with Crippen LogP contribution in [0.1, 0.15) is 40.2 Å². The maximum atomic E-state index is 12.5. The number of aromatic nitrogens is 3. The number of H-pyrrole nitrogens is 1. The van der Waals surface area contributed by atoms with Gasteiger partial charge in [-0.05, 0) is 50.9 Å². The molecule has 0 spiro atoms. The van der Waals surface area contributed by atoms with Crippen molar-refractivity contribution in [1.82, 2.24) is 20.1 Å². The molecule has 0 radical (unpaired) electrons. The van der Waals surface area contributed by atoms with E-state index in [-0.39, 0.29) is 11.4 Å². The highest BCUT2D eigenvalue weighted by Gasteiger charge is 2.25. The number of thiophene rings is 1. The van der Waals surface area contributed by atoms with Gasteiger partial charge in [-0.3, -0.25) is 14.5 Å². The van der Waals surface area contributed by atoms with Crippen LogP contribution in [0.3, 0.4) is 0 Å². The van der Waals surface area contributed by atoms with Crippen molar-refractivity contribution in [2.24, 2.45) is 0 Å². The smallest absolute Gasteiger partial charge is 0.243 e. The van der Waals surface area contributed by atoms with Crippen LogP contribution in [-0.4, -0.2) is 26.2 Å². The lowest BCUT2D eigenvalue weighted by atomic mass is 10.0. The van der Waals surface area contributed by atoms with E-state index in [2.05, 4.69) is 15.5 Å². The summed E-state index contributed by atoms with van der Waals surface area (Å²) in [6.45, 7) is 7.90. The molecule has 0 saturated carbocycles. The SMILES string of the molecule is CCC(C)(C)NC(=O)[C@@H](C)n1c(-c2cccs2)n[nH]c1=S. The second-order valence-corrected chi connectivity index (χ2v) is 6.94. The maximum absolute atomic E-state index is 12.5. The number of nitrogens with zero attached hydrogens (tertiary/aromatic N) is 2. The van der Waals surface area contributed by atoms with E-state index in [1.165, 1.54) is 0 Å². The Labute approximate surface area is 133 Å². The van der Waals surface area contributed by atoms with Gasteiger partial charge in [0, 0.05) is 5.54 Å². The molecular formula is C14H20N4OS2. The molecule has 0 aliphatic carbocycles. The van der Waals surface area contributed by atoms with Crippen LogP contribution >= 0.6 is 23.6 Å². The summed E-state index contributed by atoms with van der Waals surface area (Å²) < 4.78 is 2.22. The Kier molecular flexibility index (Phi) is 4.63. The average molecular weight is 324 g/mol. The van der Waals surface area contributed by atoms with E-state index in [0.717, 1.165) is 11.3 Å². The highest BCUT2D eigenvalue weighted by atomic mass is 32.1. The fraction of sp³-hybridized carbons (Fsp3) is 0.500. The highest BCUT2D eigenvalue weighted by Crippen LogP contribution is 2.25. The van der Waals surface area contributed by atoms with Gasteiger partial charge in [0.25, 0.3) is 0 Å². The van der Waals surface area contributed by atoms with E-state index in [1.54, 1.807) is 15.9 Å². The maximum Gasteiger partial charge on any atom is 0.243 e. The zero-order valence-corrected chi connectivity index (χ0v) is 14.3. The summed E-state index contributed by atoms with van der Waals surface area (Å²) in [6.07, 6.45) is 0.861. The number of nitrogens with one attached hydrogen (secondary N) is 2. The second-order valence-electron chi connectivity index (χ2n) is 5.60. The summed E-state index contributed by atoms with van der Waals surface area (Å²) in [5.41, 5.74) is -0.236. The van der Waals surface area contributed by atoms with Crippen molar-refractivity contribution < 1.29 is 4.79 Å². The molecule has 1 amide bonds. The number of carbonyl (C=O) groups is 1. The molecule has 0 aliphatic heterocycles. The van der Waals surface area contributed by atoms with Gasteiger partial charge in [-0.25, -0.2) is 0 Å². The van der Waals surface area contributed by atoms with Gasteiger partial charge in [0.05, 0.1) is 4.88 Å². The van der Waals surface area contributed by atoms with E-state index in [0.29, 0.717) is 10.6 Å². The summed E-state index contributed by atoms with van der Waals surface area (Å²) >= 11 is 6.85. The molecule has 0 fully saturated rings. The number of rotatable bonds is 5. The third-order valence-electron chi connectivity index (χ3n) is 3.56. The Hall–Kier alpha value is -1.47. The number of hydrogen-bond acceptors (Lipinski definition) is 4. The molecular weight excluding hydrogens is 304 g/mol. The Morgan fingerprint density at radius 1 is 1.62 bits per heavy atom. The molecule has 2 N–H and O–H groups in total. The minimum atomic E-state index is -0.417. The van der Waals surface area contributed by atoms with Crippen molar-refractivity contribution in [1.29, 1.82) is 0 Å². The van der Waals surface area contributed by atoms with Crippen molar-refractivity contribution >= 4 is 29.5 Å². The van der Waals surface area contributed by atoms with Gasteiger partial charge in [0.1, 0.15) is 6.04 Å². The van der Waals surface area contributed by atoms with Crippen molar-refractivity contribution in [3.05, 3.63) is 22.3 Å². The Morgan fingerprint density at radius 2 is 2.33 bits per heavy atom. The highest BCUT2D eigenvalue weighted by molar-refractivity contribution is 7.71. The minimum Gasteiger partial charge on any atom is -0.349 e. The zero-order valence-electron chi connectivity index (χ0n) is 12.6. The van der Waals surface area contributed by atoms with Gasteiger partial charge in [-0.15, -0.1) is 11.3 Å². The molecule has 2 aromatic rings. The Bertz CT molecular complexity index is 669. The van der Waals surface area contributed by atoms with E-state index < -0.39 is 6.04 Å². The van der Waals surface area contributed by atoms with Crippen molar-refractivity contribution in [2.45, 2.75) is 45.7 Å². The predicted molar refractivity (Wildman–Crippen MR) is 87.9 cm³/mol. The first-order valence-corrected chi connectivity index (χ1v) is 8.17. The quantitative estimate of drug-likeness (QED) is 0.827. The van der Waals surface area contributed by atoms with Crippen molar-refractivity contribution in [2.75, 3.05) is 0 Å². The molecule has 2 aromatic heterocycles. The minimum absolute atomic E-state index is 0.0582. The molecule has 5 nitrogen and oxygen atoms in total. The lowest BCUT2D eigenvalue weighted by Gasteiger charge is -2.27. The van der Waals surface area contributed by atoms with Gasteiger partial charge in [0.2, 0.25) is 5.91 Å². The van der Waals surface area contributed by atoms with Gasteiger partial charge in [0.15, 0.2) is 10.6 Å². The largest absolute Gasteiger partial charge is 0.349 e. The van der Waals surface area contributed by atoms with Gasteiger partial charge >= 0.3 is 0 Å². The Morgan fingerprint density at radius 3 is 2.90 bits per heavy atom. The number of hydrogen-bond donors (Lipinski definition) is 2. The van der Waals surface area contributed by atoms with E-state index in [4.69, 9.17) is 12.2 Å². The standard InChI is InChI=1S/C14H20N4OS2/c1-5-14(3,4)15-12(19)9(2)18-11(16-17-13(18)20)10-7-6-8-21-10/h6-9H,5H2,1-4H3,(H,15,19)(H,17,20)/t9-/m1/s1. The molecule has 0 saturated heterocycles. The normalized spacial score (nSPS) is 13.1. The fourth-order valence-corrected chi connectivity index (χ4v) is 2.89. The summed E-state index contributed by atoms with van der Waals surface area (Å²) in [5, 5.41) is 12.1. The molecule has 0 unspecified atom stereocenters. The molecule has 0 bridgehead atoms. The monoisotopic (exact) mass is 324 g/mol. The molecule has 0 aromatic carbocycles. The van der Waals surface area contributed by atoms with Crippen molar-refractivity contribution in [3.8, 4) is 10.7 Å². The second kappa shape index (κ2) is 6.11. The lowest BCUT2D eigenvalue weighted by Crippen LogP contribution is -2.45. The number of amides is 1.